The maximum atomic E-state index is 14.9. The molecular formula is C35H36F2N4O3. The van der Waals surface area contributed by atoms with Crippen molar-refractivity contribution in [1.82, 2.24) is 14.9 Å². The monoisotopic (exact) mass is 598 g/mol. The van der Waals surface area contributed by atoms with Crippen molar-refractivity contribution in [3.8, 4) is 35.2 Å². The Kier molecular flexibility index (Phi) is 7.30. The summed E-state index contributed by atoms with van der Waals surface area (Å²) in [7, 11) is 0. The van der Waals surface area contributed by atoms with Gasteiger partial charge >= 0.3 is 6.01 Å². The highest BCUT2D eigenvalue weighted by Crippen LogP contribution is 2.42. The molecule has 3 saturated heterocycles. The van der Waals surface area contributed by atoms with Gasteiger partial charge in [-0.1, -0.05) is 18.1 Å². The lowest BCUT2D eigenvalue weighted by Crippen LogP contribution is -2.43. The van der Waals surface area contributed by atoms with E-state index in [1.165, 1.54) is 6.07 Å². The van der Waals surface area contributed by atoms with Gasteiger partial charge in [0.2, 0.25) is 0 Å². The minimum atomic E-state index is -0.857. The second-order valence-corrected chi connectivity index (χ2v) is 12.5. The number of aromatic nitrogens is 2. The second kappa shape index (κ2) is 11.2. The Hall–Kier alpha value is -4.00. The van der Waals surface area contributed by atoms with Crippen molar-refractivity contribution in [1.29, 1.82) is 0 Å². The zero-order valence-electron chi connectivity index (χ0n) is 25.1. The van der Waals surface area contributed by atoms with Crippen molar-refractivity contribution < 1.29 is 23.4 Å². The van der Waals surface area contributed by atoms with Gasteiger partial charge in [-0.15, -0.1) is 6.42 Å². The van der Waals surface area contributed by atoms with Crippen LogP contribution in [0, 0.1) is 25.1 Å². The summed E-state index contributed by atoms with van der Waals surface area (Å²) in [4.78, 5) is 14.4. The Morgan fingerprint density at radius 3 is 2.86 bits per heavy atom. The SMILES string of the molecule is C#Cc1c(F)ccc2cc(O)cc(-c3ccc4c(N5CCCOCC5C)nc(OCC56CCCN5CC(F)C6)nc4c3C)c12. The van der Waals surface area contributed by atoms with Crippen LogP contribution in [0.5, 0.6) is 11.8 Å². The van der Waals surface area contributed by atoms with Gasteiger partial charge in [0.05, 0.1) is 29.3 Å². The lowest BCUT2D eigenvalue weighted by Gasteiger charge is -2.32. The van der Waals surface area contributed by atoms with Crippen LogP contribution in [0.15, 0.2) is 36.4 Å². The highest BCUT2D eigenvalue weighted by molar-refractivity contribution is 6.05. The number of ether oxygens (including phenoxy) is 2. The molecule has 228 valence electrons. The number of hydrogen-bond donors (Lipinski definition) is 1. The lowest BCUT2D eigenvalue weighted by atomic mass is 9.91. The molecule has 3 aliphatic heterocycles. The average Bonchev–Trinajstić information content (AvgIpc) is 3.44. The van der Waals surface area contributed by atoms with Crippen molar-refractivity contribution in [3.63, 3.8) is 0 Å². The summed E-state index contributed by atoms with van der Waals surface area (Å²) >= 11 is 0. The fourth-order valence-electron chi connectivity index (χ4n) is 7.51. The van der Waals surface area contributed by atoms with E-state index < -0.39 is 12.0 Å². The van der Waals surface area contributed by atoms with Gasteiger partial charge < -0.3 is 19.5 Å². The predicted molar refractivity (Wildman–Crippen MR) is 168 cm³/mol. The molecule has 4 aromatic rings. The molecule has 1 aromatic heterocycles. The summed E-state index contributed by atoms with van der Waals surface area (Å²) in [5.41, 5.74) is 2.69. The van der Waals surface area contributed by atoms with Crippen molar-refractivity contribution >= 4 is 27.5 Å². The average molecular weight is 599 g/mol. The summed E-state index contributed by atoms with van der Waals surface area (Å²) in [5, 5.41) is 12.7. The molecule has 0 spiro atoms. The Balaban J connectivity index is 1.39. The first-order valence-electron chi connectivity index (χ1n) is 15.4. The van der Waals surface area contributed by atoms with Crippen LogP contribution in [0.3, 0.4) is 0 Å². The molecule has 3 aliphatic rings. The predicted octanol–water partition coefficient (Wildman–Crippen LogP) is 6.15. The fraction of sp³-hybridized carbons (Fsp3) is 0.429. The van der Waals surface area contributed by atoms with Crippen molar-refractivity contribution in [2.24, 2.45) is 0 Å². The number of fused-ring (bicyclic) bond motifs is 3. The molecular weight excluding hydrogens is 562 g/mol. The quantitative estimate of drug-likeness (QED) is 0.276. The van der Waals surface area contributed by atoms with Crippen molar-refractivity contribution in [3.05, 3.63) is 53.3 Å². The molecule has 3 fully saturated rings. The van der Waals surface area contributed by atoms with E-state index in [4.69, 9.17) is 25.9 Å². The number of phenolic OH excluding ortho intramolecular Hbond substituents is 1. The molecule has 7 nitrogen and oxygen atoms in total. The van der Waals surface area contributed by atoms with E-state index in [0.717, 1.165) is 54.7 Å². The zero-order chi connectivity index (χ0) is 30.6. The van der Waals surface area contributed by atoms with Crippen molar-refractivity contribution in [2.45, 2.75) is 57.3 Å². The van der Waals surface area contributed by atoms with E-state index in [1.54, 1.807) is 18.2 Å². The van der Waals surface area contributed by atoms with Gasteiger partial charge in [-0.05, 0) is 86.0 Å². The van der Waals surface area contributed by atoms with E-state index in [1.807, 2.05) is 19.1 Å². The van der Waals surface area contributed by atoms with Crippen LogP contribution >= 0.6 is 0 Å². The molecule has 3 unspecified atom stereocenters. The van der Waals surface area contributed by atoms with Crippen LogP contribution in [0.25, 0.3) is 32.8 Å². The molecule has 9 heteroatoms. The number of aryl methyl sites for hydroxylation is 1. The zero-order valence-corrected chi connectivity index (χ0v) is 25.1. The molecule has 44 heavy (non-hydrogen) atoms. The number of aromatic hydroxyl groups is 1. The highest BCUT2D eigenvalue weighted by atomic mass is 19.1. The van der Waals surface area contributed by atoms with Crippen LogP contribution < -0.4 is 9.64 Å². The number of phenols is 1. The molecule has 0 bridgehead atoms. The van der Waals surface area contributed by atoms with E-state index in [9.17, 15) is 13.9 Å². The molecule has 3 aromatic carbocycles. The Morgan fingerprint density at radius 1 is 1.16 bits per heavy atom. The topological polar surface area (TPSA) is 71.0 Å². The third-order valence-electron chi connectivity index (χ3n) is 9.65. The number of nitrogens with zero attached hydrogens (tertiary/aromatic N) is 4. The fourth-order valence-corrected chi connectivity index (χ4v) is 7.51. The third kappa shape index (κ3) is 4.81. The van der Waals surface area contributed by atoms with E-state index >= 15 is 0 Å². The van der Waals surface area contributed by atoms with Crippen LogP contribution in [0.4, 0.5) is 14.6 Å². The summed E-state index contributed by atoms with van der Waals surface area (Å²) in [6.45, 7) is 7.72. The summed E-state index contributed by atoms with van der Waals surface area (Å²) in [5.74, 6) is 2.82. The Bertz CT molecular complexity index is 1810. The lowest BCUT2D eigenvalue weighted by molar-refractivity contribution is 0.107. The van der Waals surface area contributed by atoms with Gasteiger partial charge in [0, 0.05) is 36.9 Å². The number of anilines is 1. The number of halogens is 2. The maximum Gasteiger partial charge on any atom is 0.319 e. The normalized spacial score (nSPS) is 24.0. The maximum absolute atomic E-state index is 14.9. The smallest absolute Gasteiger partial charge is 0.319 e. The number of alkyl halides is 1. The second-order valence-electron chi connectivity index (χ2n) is 12.5. The first kappa shape index (κ1) is 28.8. The molecule has 0 amide bonds. The van der Waals surface area contributed by atoms with Crippen molar-refractivity contribution in [2.75, 3.05) is 44.4 Å². The molecule has 0 aliphatic carbocycles. The van der Waals surface area contributed by atoms with Gasteiger partial charge in [-0.25, -0.2) is 8.78 Å². The van der Waals surface area contributed by atoms with E-state index in [0.29, 0.717) is 54.6 Å². The molecule has 0 saturated carbocycles. The van der Waals surface area contributed by atoms with E-state index in [-0.39, 0.29) is 28.9 Å². The molecule has 3 atom stereocenters. The molecule has 0 radical (unpaired) electrons. The van der Waals surface area contributed by atoms with E-state index in [2.05, 4.69) is 22.6 Å². The van der Waals surface area contributed by atoms with Gasteiger partial charge in [0.1, 0.15) is 30.2 Å². The number of hydrogen-bond acceptors (Lipinski definition) is 7. The Labute approximate surface area is 255 Å². The number of terminal acetylenes is 1. The first-order valence-corrected chi connectivity index (χ1v) is 15.4. The first-order chi connectivity index (χ1) is 21.3. The largest absolute Gasteiger partial charge is 0.508 e. The van der Waals surface area contributed by atoms with Crippen LogP contribution in [-0.2, 0) is 4.74 Å². The van der Waals surface area contributed by atoms with Gasteiger partial charge in [-0.3, -0.25) is 4.90 Å². The summed E-state index contributed by atoms with van der Waals surface area (Å²) in [6.07, 6.45) is 8.13. The molecule has 1 N–H and O–H groups in total. The van der Waals surface area contributed by atoms with Crippen LogP contribution in [0.1, 0.15) is 43.7 Å². The van der Waals surface area contributed by atoms with Gasteiger partial charge in [-0.2, -0.15) is 9.97 Å². The highest BCUT2D eigenvalue weighted by Gasteiger charge is 2.49. The van der Waals surface area contributed by atoms with Gasteiger partial charge in [0.15, 0.2) is 0 Å². The van der Waals surface area contributed by atoms with Crippen LogP contribution in [-0.4, -0.2) is 77.2 Å². The minimum Gasteiger partial charge on any atom is -0.508 e. The molecule has 7 rings (SSSR count). The van der Waals surface area contributed by atoms with Gasteiger partial charge in [0.25, 0.3) is 0 Å². The molecule has 4 heterocycles. The standard InChI is InChI=1S/C35H36F2N4O3/c1-4-26-30(37)10-7-23-15-25(42)16-29(31(23)26)27-8-9-28-32(22(27)3)38-34(39-33(28)41-13-6-14-43-19-21(41)2)44-20-35-11-5-12-40(35)18-24(36)17-35/h1,7-10,15-16,21,24,42H,5-6,11-14,17-20H2,2-3H3. The summed E-state index contributed by atoms with van der Waals surface area (Å²) in [6, 6.07) is 10.4. The third-order valence-corrected chi connectivity index (χ3v) is 9.65. The summed E-state index contributed by atoms with van der Waals surface area (Å²) < 4.78 is 41.6. The number of benzene rings is 3. The van der Waals surface area contributed by atoms with Crippen LogP contribution in [0.2, 0.25) is 0 Å². The number of rotatable bonds is 5. The Morgan fingerprint density at radius 2 is 2.02 bits per heavy atom. The minimum absolute atomic E-state index is 0.0514.